The van der Waals surface area contributed by atoms with Crippen molar-refractivity contribution in [3.05, 3.63) is 75.0 Å². The van der Waals surface area contributed by atoms with Gasteiger partial charge in [-0.25, -0.2) is 9.79 Å². The Kier molecular flexibility index (Phi) is 5.16. The number of hydrogen-bond acceptors (Lipinski definition) is 7. The van der Waals surface area contributed by atoms with Crippen LogP contribution in [0.5, 0.6) is 5.75 Å². The molecule has 0 radical (unpaired) electrons. The number of ether oxygens (including phenoxy) is 2. The highest BCUT2D eigenvalue weighted by Gasteiger charge is 2.25. The zero-order valence-corrected chi connectivity index (χ0v) is 14.7. The molecule has 9 heteroatoms. The molecule has 1 amide bonds. The van der Waals surface area contributed by atoms with Crippen molar-refractivity contribution in [2.45, 2.75) is 6.92 Å². The normalized spacial score (nSPS) is 14.5. The zero-order chi connectivity index (χ0) is 20.3. The number of nitro benzene ring substituents is 1. The van der Waals surface area contributed by atoms with Crippen LogP contribution in [0.4, 0.5) is 5.69 Å². The standard InChI is InChI=1S/C19H15N3O6/c1-11-2-5-13(9-16(11)22(25)26)18-21-15(19(24)28-18)8-12-3-6-14(7-4-12)27-10-17(20)23/h2-9H,10H2,1H3,(H2,20,23)/b15-8-. The lowest BCUT2D eigenvalue weighted by atomic mass is 10.1. The van der Waals surface area contributed by atoms with Crippen LogP contribution in [0.1, 0.15) is 16.7 Å². The maximum Gasteiger partial charge on any atom is 0.363 e. The van der Waals surface area contributed by atoms with E-state index in [0.29, 0.717) is 22.4 Å². The van der Waals surface area contributed by atoms with Gasteiger partial charge < -0.3 is 15.2 Å². The molecule has 1 aliphatic rings. The van der Waals surface area contributed by atoms with Gasteiger partial charge in [0.15, 0.2) is 12.3 Å². The zero-order valence-electron chi connectivity index (χ0n) is 14.7. The third-order valence-electron chi connectivity index (χ3n) is 3.84. The molecule has 0 bridgehead atoms. The number of carbonyl (C=O) groups excluding carboxylic acids is 2. The Labute approximate surface area is 159 Å². The highest BCUT2D eigenvalue weighted by Crippen LogP contribution is 2.24. The Hall–Kier alpha value is -4.01. The van der Waals surface area contributed by atoms with Crippen molar-refractivity contribution in [2.75, 3.05) is 6.61 Å². The van der Waals surface area contributed by atoms with E-state index in [0.717, 1.165) is 0 Å². The maximum atomic E-state index is 12.1. The van der Waals surface area contributed by atoms with Crippen LogP contribution >= 0.6 is 0 Å². The Bertz CT molecular complexity index is 1020. The van der Waals surface area contributed by atoms with Crippen molar-refractivity contribution in [3.8, 4) is 5.75 Å². The second-order valence-electron chi connectivity index (χ2n) is 5.92. The SMILES string of the molecule is Cc1ccc(C2=N/C(=C\c3ccc(OCC(N)=O)cc3)C(=O)O2)cc1[N+](=O)[O-]. The van der Waals surface area contributed by atoms with Crippen LogP contribution in [0.15, 0.2) is 53.2 Å². The number of primary amides is 1. The molecule has 1 heterocycles. The number of hydrogen-bond donors (Lipinski definition) is 1. The first-order valence-corrected chi connectivity index (χ1v) is 8.12. The minimum absolute atomic E-state index is 0.000705. The second-order valence-corrected chi connectivity index (χ2v) is 5.92. The molecule has 9 nitrogen and oxygen atoms in total. The first-order valence-electron chi connectivity index (χ1n) is 8.12. The Morgan fingerprint density at radius 1 is 1.29 bits per heavy atom. The Morgan fingerprint density at radius 3 is 2.64 bits per heavy atom. The molecule has 2 N–H and O–H groups in total. The van der Waals surface area contributed by atoms with Crippen LogP contribution in [0, 0.1) is 17.0 Å². The fourth-order valence-electron chi connectivity index (χ4n) is 2.44. The number of amides is 1. The van der Waals surface area contributed by atoms with Crippen molar-refractivity contribution in [1.29, 1.82) is 0 Å². The van der Waals surface area contributed by atoms with E-state index in [1.165, 1.54) is 12.1 Å². The van der Waals surface area contributed by atoms with Gasteiger partial charge in [-0.1, -0.05) is 18.2 Å². The number of esters is 1. The molecule has 0 saturated carbocycles. The van der Waals surface area contributed by atoms with Crippen LogP contribution in [0.2, 0.25) is 0 Å². The van der Waals surface area contributed by atoms with Crippen molar-refractivity contribution in [2.24, 2.45) is 10.7 Å². The first kappa shape index (κ1) is 18.8. The molecule has 28 heavy (non-hydrogen) atoms. The van der Waals surface area contributed by atoms with Gasteiger partial charge in [-0.2, -0.15) is 0 Å². The average molecular weight is 381 g/mol. The van der Waals surface area contributed by atoms with E-state index in [4.69, 9.17) is 15.2 Å². The molecule has 0 atom stereocenters. The molecule has 0 fully saturated rings. The molecule has 0 unspecified atom stereocenters. The van der Waals surface area contributed by atoms with E-state index in [1.54, 1.807) is 43.3 Å². The van der Waals surface area contributed by atoms with Crippen molar-refractivity contribution in [3.63, 3.8) is 0 Å². The highest BCUT2D eigenvalue weighted by molar-refractivity contribution is 6.13. The van der Waals surface area contributed by atoms with E-state index in [9.17, 15) is 19.7 Å². The second kappa shape index (κ2) is 7.70. The summed E-state index contributed by atoms with van der Waals surface area (Å²) in [4.78, 5) is 37.5. The van der Waals surface area contributed by atoms with Crippen molar-refractivity contribution < 1.29 is 24.0 Å². The van der Waals surface area contributed by atoms with Gasteiger partial charge in [0.2, 0.25) is 5.90 Å². The monoisotopic (exact) mass is 381 g/mol. The fraction of sp³-hybridized carbons (Fsp3) is 0.105. The molecule has 3 rings (SSSR count). The molecule has 0 spiro atoms. The molecule has 0 saturated heterocycles. The van der Waals surface area contributed by atoms with Gasteiger partial charge in [0.05, 0.1) is 4.92 Å². The quantitative estimate of drug-likeness (QED) is 0.352. The van der Waals surface area contributed by atoms with Crippen LogP contribution in [-0.2, 0) is 14.3 Å². The summed E-state index contributed by atoms with van der Waals surface area (Å²) >= 11 is 0. The van der Waals surface area contributed by atoms with Gasteiger partial charge in [0, 0.05) is 17.2 Å². The van der Waals surface area contributed by atoms with Gasteiger partial charge in [-0.05, 0) is 36.8 Å². The topological polar surface area (TPSA) is 134 Å². The molecule has 1 aliphatic heterocycles. The molecule has 0 aliphatic carbocycles. The summed E-state index contributed by atoms with van der Waals surface area (Å²) in [6.45, 7) is 1.38. The molecule has 2 aromatic rings. The Morgan fingerprint density at radius 2 is 2.00 bits per heavy atom. The summed E-state index contributed by atoms with van der Waals surface area (Å²) in [6.07, 6.45) is 1.51. The lowest BCUT2D eigenvalue weighted by molar-refractivity contribution is -0.385. The minimum Gasteiger partial charge on any atom is -0.484 e. The lowest BCUT2D eigenvalue weighted by Gasteiger charge is -2.03. The highest BCUT2D eigenvalue weighted by atomic mass is 16.6. The number of nitrogens with zero attached hydrogens (tertiary/aromatic N) is 2. The van der Waals surface area contributed by atoms with Crippen LogP contribution < -0.4 is 10.5 Å². The number of nitrogens with two attached hydrogens (primary N) is 1. The maximum absolute atomic E-state index is 12.1. The number of benzene rings is 2. The molecule has 2 aromatic carbocycles. The fourth-order valence-corrected chi connectivity index (χ4v) is 2.44. The van der Waals surface area contributed by atoms with Crippen LogP contribution in [0.25, 0.3) is 6.08 Å². The van der Waals surface area contributed by atoms with Crippen molar-refractivity contribution in [1.82, 2.24) is 0 Å². The van der Waals surface area contributed by atoms with Gasteiger partial charge >= 0.3 is 5.97 Å². The van der Waals surface area contributed by atoms with Gasteiger partial charge in [0.1, 0.15) is 5.75 Å². The predicted molar refractivity (Wildman–Crippen MR) is 99.6 cm³/mol. The van der Waals surface area contributed by atoms with E-state index >= 15 is 0 Å². The van der Waals surface area contributed by atoms with Gasteiger partial charge in [-0.15, -0.1) is 0 Å². The average Bonchev–Trinajstić information content (AvgIpc) is 3.01. The molecule has 0 aromatic heterocycles. The summed E-state index contributed by atoms with van der Waals surface area (Å²) in [6, 6.07) is 11.0. The summed E-state index contributed by atoms with van der Waals surface area (Å²) < 4.78 is 10.3. The van der Waals surface area contributed by atoms with E-state index in [1.807, 2.05) is 0 Å². The third-order valence-corrected chi connectivity index (χ3v) is 3.84. The smallest absolute Gasteiger partial charge is 0.363 e. The number of carbonyl (C=O) groups is 2. The number of nitro groups is 1. The van der Waals surface area contributed by atoms with E-state index in [-0.39, 0.29) is 23.9 Å². The third kappa shape index (κ3) is 4.21. The molecule has 142 valence electrons. The predicted octanol–water partition coefficient (Wildman–Crippen LogP) is 2.11. The van der Waals surface area contributed by atoms with Gasteiger partial charge in [-0.3, -0.25) is 14.9 Å². The number of aryl methyl sites for hydroxylation is 1. The van der Waals surface area contributed by atoms with E-state index < -0.39 is 16.8 Å². The van der Waals surface area contributed by atoms with Crippen molar-refractivity contribution >= 4 is 29.5 Å². The van der Waals surface area contributed by atoms with Crippen LogP contribution in [-0.4, -0.2) is 29.3 Å². The minimum atomic E-state index is -0.660. The van der Waals surface area contributed by atoms with E-state index in [2.05, 4.69) is 4.99 Å². The first-order chi connectivity index (χ1) is 13.3. The summed E-state index contributed by atoms with van der Waals surface area (Å²) in [5.41, 5.74) is 6.47. The van der Waals surface area contributed by atoms with Gasteiger partial charge in [0.25, 0.3) is 11.6 Å². The number of cyclic esters (lactones) is 1. The molecular weight excluding hydrogens is 366 g/mol. The Balaban J connectivity index is 1.83. The number of rotatable bonds is 6. The van der Waals surface area contributed by atoms with Crippen LogP contribution in [0.3, 0.4) is 0 Å². The summed E-state index contributed by atoms with van der Waals surface area (Å²) in [5, 5.41) is 11.1. The number of aliphatic imine (C=N–C) groups is 1. The summed E-state index contributed by atoms with van der Waals surface area (Å²) in [5.74, 6) is -0.794. The largest absolute Gasteiger partial charge is 0.484 e. The molecular formula is C19H15N3O6. The lowest BCUT2D eigenvalue weighted by Crippen LogP contribution is -2.19. The summed E-state index contributed by atoms with van der Waals surface area (Å²) in [7, 11) is 0.